The van der Waals surface area contributed by atoms with Crippen LogP contribution < -0.4 is 4.74 Å². The van der Waals surface area contributed by atoms with Crippen molar-refractivity contribution in [2.45, 2.75) is 26.5 Å². The zero-order valence-electron chi connectivity index (χ0n) is 11.0. The van der Waals surface area contributed by atoms with Crippen LogP contribution in [0.5, 0.6) is 5.75 Å². The van der Waals surface area contributed by atoms with Crippen LogP contribution in [0.25, 0.3) is 0 Å². The number of rotatable bonds is 5. The highest BCUT2D eigenvalue weighted by Crippen LogP contribution is 2.29. The number of benzene rings is 1. The van der Waals surface area contributed by atoms with Gasteiger partial charge in [-0.3, -0.25) is 4.68 Å². The number of aliphatic hydroxyl groups excluding tert-OH is 1. The number of aryl methyl sites for hydroxylation is 1. The lowest BCUT2D eigenvalue weighted by Gasteiger charge is -2.14. The highest BCUT2D eigenvalue weighted by atomic mass is 35.5. The highest BCUT2D eigenvalue weighted by Gasteiger charge is 2.19. The summed E-state index contributed by atoms with van der Waals surface area (Å²) < 4.78 is 7.13. The van der Waals surface area contributed by atoms with E-state index in [1.807, 2.05) is 38.1 Å². The van der Waals surface area contributed by atoms with Gasteiger partial charge in [0.25, 0.3) is 0 Å². The van der Waals surface area contributed by atoms with E-state index < -0.39 is 6.10 Å². The molecule has 1 aromatic heterocycles. The van der Waals surface area contributed by atoms with Gasteiger partial charge in [0.2, 0.25) is 0 Å². The summed E-state index contributed by atoms with van der Waals surface area (Å²) in [5.74, 6) is 0.734. The molecule has 102 valence electrons. The van der Waals surface area contributed by atoms with Gasteiger partial charge >= 0.3 is 0 Å². The van der Waals surface area contributed by atoms with E-state index >= 15 is 0 Å². The van der Waals surface area contributed by atoms with Crippen molar-refractivity contribution in [3.63, 3.8) is 0 Å². The van der Waals surface area contributed by atoms with Crippen molar-refractivity contribution in [1.29, 1.82) is 0 Å². The van der Waals surface area contributed by atoms with E-state index in [9.17, 15) is 5.11 Å². The van der Waals surface area contributed by atoms with Crippen molar-refractivity contribution >= 4 is 11.6 Å². The number of hydrogen-bond donors (Lipinski definition) is 1. The second-order valence-corrected chi connectivity index (χ2v) is 4.51. The Balaban J connectivity index is 2.35. The fourth-order valence-electron chi connectivity index (χ4n) is 1.99. The first-order valence-corrected chi connectivity index (χ1v) is 6.67. The molecule has 5 heteroatoms. The fraction of sp³-hybridized carbons (Fsp3) is 0.357. The maximum atomic E-state index is 10.5. The number of nitrogens with zero attached hydrogens (tertiary/aromatic N) is 2. The summed E-state index contributed by atoms with van der Waals surface area (Å²) in [5, 5.41) is 15.1. The average Bonchev–Trinajstić information content (AvgIpc) is 2.80. The van der Waals surface area contributed by atoms with Gasteiger partial charge in [0, 0.05) is 6.54 Å². The van der Waals surface area contributed by atoms with Crippen LogP contribution in [-0.4, -0.2) is 21.5 Å². The first-order valence-electron chi connectivity index (χ1n) is 6.29. The van der Waals surface area contributed by atoms with Gasteiger partial charge in [0.05, 0.1) is 23.5 Å². The Labute approximate surface area is 117 Å². The number of hydrogen-bond acceptors (Lipinski definition) is 3. The molecule has 0 aliphatic carbocycles. The maximum absolute atomic E-state index is 10.5. The van der Waals surface area contributed by atoms with Crippen LogP contribution in [0.3, 0.4) is 0 Å². The molecule has 0 saturated carbocycles. The quantitative estimate of drug-likeness (QED) is 0.916. The molecule has 0 aliphatic rings. The molecule has 0 bridgehead atoms. The lowest BCUT2D eigenvalue weighted by molar-refractivity contribution is 0.207. The van der Waals surface area contributed by atoms with Crippen LogP contribution in [0.2, 0.25) is 5.02 Å². The van der Waals surface area contributed by atoms with Crippen molar-refractivity contribution < 1.29 is 9.84 Å². The average molecular weight is 281 g/mol. The Kier molecular flexibility index (Phi) is 4.45. The van der Waals surface area contributed by atoms with Crippen molar-refractivity contribution in [1.82, 2.24) is 9.78 Å². The standard InChI is InChI=1S/C14H17ClN2O2/c1-3-17-13(12(15)9-16-17)14(18)10-6-5-7-11(8-10)19-4-2/h5-9,14,18H,3-4H2,1-2H3. The first-order chi connectivity index (χ1) is 9.17. The molecule has 0 aliphatic heterocycles. The third-order valence-corrected chi connectivity index (χ3v) is 3.17. The number of aromatic nitrogens is 2. The molecule has 0 saturated heterocycles. The maximum Gasteiger partial charge on any atom is 0.122 e. The molecular formula is C14H17ClN2O2. The molecule has 1 aromatic carbocycles. The Morgan fingerprint density at radius 1 is 1.42 bits per heavy atom. The summed E-state index contributed by atoms with van der Waals surface area (Å²) in [4.78, 5) is 0. The van der Waals surface area contributed by atoms with E-state index in [0.29, 0.717) is 23.9 Å². The Morgan fingerprint density at radius 2 is 2.21 bits per heavy atom. The molecule has 1 unspecified atom stereocenters. The van der Waals surface area contributed by atoms with Gasteiger partial charge in [0.1, 0.15) is 11.9 Å². The molecule has 2 aromatic rings. The third kappa shape index (κ3) is 2.91. The molecule has 4 nitrogen and oxygen atoms in total. The zero-order chi connectivity index (χ0) is 13.8. The van der Waals surface area contributed by atoms with E-state index in [1.54, 1.807) is 10.9 Å². The van der Waals surface area contributed by atoms with Crippen LogP contribution >= 0.6 is 11.6 Å². The molecule has 0 radical (unpaired) electrons. The summed E-state index contributed by atoms with van der Waals surface area (Å²) in [7, 11) is 0. The number of ether oxygens (including phenoxy) is 1. The minimum atomic E-state index is -0.810. The summed E-state index contributed by atoms with van der Waals surface area (Å²) in [6.45, 7) is 5.12. The summed E-state index contributed by atoms with van der Waals surface area (Å²) in [6.07, 6.45) is 0.742. The zero-order valence-corrected chi connectivity index (χ0v) is 11.8. The summed E-state index contributed by atoms with van der Waals surface area (Å²) in [6, 6.07) is 7.37. The molecule has 1 heterocycles. The lowest BCUT2D eigenvalue weighted by Crippen LogP contribution is -2.09. The van der Waals surface area contributed by atoms with E-state index in [1.165, 1.54) is 0 Å². The van der Waals surface area contributed by atoms with E-state index in [-0.39, 0.29) is 0 Å². The molecule has 1 atom stereocenters. The molecule has 0 spiro atoms. The second kappa shape index (κ2) is 6.08. The van der Waals surface area contributed by atoms with Crippen molar-refractivity contribution in [2.24, 2.45) is 0 Å². The highest BCUT2D eigenvalue weighted by molar-refractivity contribution is 6.31. The molecule has 2 rings (SSSR count). The van der Waals surface area contributed by atoms with Gasteiger partial charge in [-0.2, -0.15) is 5.10 Å². The molecule has 19 heavy (non-hydrogen) atoms. The first kappa shape index (κ1) is 13.9. The van der Waals surface area contributed by atoms with Crippen LogP contribution in [0.15, 0.2) is 30.5 Å². The van der Waals surface area contributed by atoms with Crippen LogP contribution in [-0.2, 0) is 6.54 Å². The Hall–Kier alpha value is -1.52. The van der Waals surface area contributed by atoms with Gasteiger partial charge < -0.3 is 9.84 Å². The van der Waals surface area contributed by atoms with Gasteiger partial charge in [0.15, 0.2) is 0 Å². The van der Waals surface area contributed by atoms with Gasteiger partial charge in [-0.15, -0.1) is 0 Å². The molecule has 0 fully saturated rings. The lowest BCUT2D eigenvalue weighted by atomic mass is 10.1. The predicted molar refractivity (Wildman–Crippen MR) is 74.6 cm³/mol. The van der Waals surface area contributed by atoms with Gasteiger partial charge in [-0.25, -0.2) is 0 Å². The van der Waals surface area contributed by atoms with Crippen LogP contribution in [0, 0.1) is 0 Å². The van der Waals surface area contributed by atoms with E-state index in [2.05, 4.69) is 5.10 Å². The van der Waals surface area contributed by atoms with Gasteiger partial charge in [-0.05, 0) is 31.5 Å². The monoisotopic (exact) mass is 280 g/mol. The number of halogens is 1. The minimum Gasteiger partial charge on any atom is -0.494 e. The Morgan fingerprint density at radius 3 is 2.89 bits per heavy atom. The van der Waals surface area contributed by atoms with Crippen LogP contribution in [0.4, 0.5) is 0 Å². The predicted octanol–water partition coefficient (Wildman–Crippen LogP) is 3.04. The SMILES string of the molecule is CCOc1cccc(C(O)c2c(Cl)cnn2CC)c1. The topological polar surface area (TPSA) is 47.3 Å². The summed E-state index contributed by atoms with van der Waals surface area (Å²) in [5.41, 5.74) is 1.35. The van der Waals surface area contributed by atoms with Crippen molar-refractivity contribution in [3.8, 4) is 5.75 Å². The van der Waals surface area contributed by atoms with E-state index in [4.69, 9.17) is 16.3 Å². The largest absolute Gasteiger partial charge is 0.494 e. The fourth-order valence-corrected chi connectivity index (χ4v) is 2.24. The third-order valence-electron chi connectivity index (χ3n) is 2.88. The molecular weight excluding hydrogens is 264 g/mol. The van der Waals surface area contributed by atoms with Crippen molar-refractivity contribution in [2.75, 3.05) is 6.61 Å². The van der Waals surface area contributed by atoms with E-state index in [0.717, 1.165) is 11.3 Å². The minimum absolute atomic E-state index is 0.469. The smallest absolute Gasteiger partial charge is 0.122 e. The molecule has 0 amide bonds. The second-order valence-electron chi connectivity index (χ2n) is 4.10. The van der Waals surface area contributed by atoms with Crippen molar-refractivity contribution in [3.05, 3.63) is 46.7 Å². The van der Waals surface area contributed by atoms with Crippen LogP contribution in [0.1, 0.15) is 31.2 Å². The summed E-state index contributed by atoms with van der Waals surface area (Å²) >= 11 is 6.09. The Bertz CT molecular complexity index is 554. The normalized spacial score (nSPS) is 12.4. The van der Waals surface area contributed by atoms with Gasteiger partial charge in [-0.1, -0.05) is 23.7 Å². The molecule has 1 N–H and O–H groups in total. The number of aliphatic hydroxyl groups is 1.